The summed E-state index contributed by atoms with van der Waals surface area (Å²) >= 11 is 0. The summed E-state index contributed by atoms with van der Waals surface area (Å²) in [5.74, 6) is 3.03. The summed E-state index contributed by atoms with van der Waals surface area (Å²) in [6.07, 6.45) is 6.26. The highest BCUT2D eigenvalue weighted by Crippen LogP contribution is 2.38. The number of nitrogens with zero attached hydrogens (tertiary/aromatic N) is 1. The van der Waals surface area contributed by atoms with Gasteiger partial charge in [-0.05, 0) is 67.5 Å². The van der Waals surface area contributed by atoms with E-state index in [4.69, 9.17) is 6.42 Å². The molecule has 0 heterocycles. The van der Waals surface area contributed by atoms with Crippen LogP contribution in [-0.4, -0.2) is 61.5 Å². The van der Waals surface area contributed by atoms with Crippen molar-refractivity contribution in [2.24, 2.45) is 0 Å². The summed E-state index contributed by atoms with van der Waals surface area (Å²) in [6.45, 7) is 0.695. The molecule has 0 atom stereocenters. The third-order valence-electron chi connectivity index (χ3n) is 11.5. The summed E-state index contributed by atoms with van der Waals surface area (Å²) in [5, 5.41) is 2.46. The molecule has 0 spiro atoms. The lowest BCUT2D eigenvalue weighted by Gasteiger charge is -2.34. The summed E-state index contributed by atoms with van der Waals surface area (Å²) in [6, 6.07) is 54.3. The molecule has 0 aliphatic carbocycles. The van der Waals surface area contributed by atoms with Crippen LogP contribution in [0, 0.1) is 12.3 Å². The first kappa shape index (κ1) is 37.4. The number of benzene rings is 7. The molecule has 0 aliphatic rings. The van der Waals surface area contributed by atoms with Gasteiger partial charge in [-0.25, -0.2) is 0 Å². The quantitative estimate of drug-likeness (QED) is 0.127. The maximum Gasteiger partial charge on any atom is 0.151 e. The van der Waals surface area contributed by atoms with Crippen molar-refractivity contribution >= 4 is 104 Å². The number of hydrogen-bond acceptors (Lipinski definition) is 1. The molecule has 0 amide bonds. The van der Waals surface area contributed by atoms with E-state index in [2.05, 4.69) is 217 Å². The Balaban J connectivity index is 1.41. The van der Waals surface area contributed by atoms with Crippen molar-refractivity contribution in [1.29, 1.82) is 0 Å². The molecule has 1 nitrogen and oxygen atoms in total. The van der Waals surface area contributed by atoms with Crippen molar-refractivity contribution in [2.75, 3.05) is 11.4 Å². The summed E-state index contributed by atoms with van der Waals surface area (Å²) in [5.41, 5.74) is 20.6. The number of hydrogen-bond donors (Lipinski definition) is 0. The van der Waals surface area contributed by atoms with Crippen LogP contribution >= 0.6 is 0 Å². The second-order valence-electron chi connectivity index (χ2n) is 14.7. The highest BCUT2D eigenvalue weighted by Gasteiger charge is 2.23. The van der Waals surface area contributed by atoms with E-state index in [9.17, 15) is 0 Å². The second-order valence-corrected chi connectivity index (χ2v) is 14.7. The second kappa shape index (κ2) is 16.2. The summed E-state index contributed by atoms with van der Waals surface area (Å²) < 4.78 is 0. The minimum absolute atomic E-state index is 0.695. The average molecular weight is 697 g/mol. The van der Waals surface area contributed by atoms with Gasteiger partial charge in [0.1, 0.15) is 47.1 Å². The zero-order valence-electron chi connectivity index (χ0n) is 33.2. The normalized spacial score (nSPS) is 12.1. The molecule has 0 unspecified atom stereocenters. The zero-order valence-corrected chi connectivity index (χ0v) is 33.2. The number of rotatable bonds is 9. The Morgan fingerprint density at radius 3 is 1.67 bits per heavy atom. The van der Waals surface area contributed by atoms with E-state index in [1.807, 2.05) is 0 Å². The van der Waals surface area contributed by atoms with Gasteiger partial charge in [-0.2, -0.15) is 0 Å². The molecule has 0 saturated heterocycles. The molecule has 0 radical (unpaired) electrons. The highest BCUT2D eigenvalue weighted by atomic mass is 15.1. The van der Waals surface area contributed by atoms with Gasteiger partial charge in [0.05, 0.1) is 0 Å². The Morgan fingerprint density at radius 2 is 1.07 bits per heavy atom. The monoisotopic (exact) mass is 697 g/mol. The van der Waals surface area contributed by atoms with Gasteiger partial charge in [0.25, 0.3) is 0 Å². The van der Waals surface area contributed by atoms with E-state index in [1.54, 1.807) is 0 Å². The van der Waals surface area contributed by atoms with Gasteiger partial charge in [-0.3, -0.25) is 0 Å². The topological polar surface area (TPSA) is 3.24 Å². The Labute approximate surface area is 333 Å². The molecule has 0 aliphatic heterocycles. The molecule has 8 heteroatoms. The lowest BCUT2D eigenvalue weighted by atomic mass is 9.64. The Kier molecular flexibility index (Phi) is 11.0. The van der Waals surface area contributed by atoms with Crippen LogP contribution in [0.15, 0.2) is 168 Å². The van der Waals surface area contributed by atoms with E-state index >= 15 is 0 Å². The highest BCUT2D eigenvalue weighted by molar-refractivity contribution is 6.63. The van der Waals surface area contributed by atoms with Crippen molar-refractivity contribution < 1.29 is 0 Å². The summed E-state index contributed by atoms with van der Waals surface area (Å²) in [4.78, 5) is 2.55. The first-order chi connectivity index (χ1) is 26.7. The smallest absolute Gasteiger partial charge is 0.151 e. The lowest BCUT2D eigenvalue weighted by molar-refractivity contribution is 1.10. The molecule has 0 saturated carbocycles. The zero-order chi connectivity index (χ0) is 38.6. The Morgan fingerprint density at radius 1 is 0.545 bits per heavy atom. The Hall–Kier alpha value is -5.91. The molecule has 0 bridgehead atoms. The maximum absolute atomic E-state index is 6.26. The third kappa shape index (κ3) is 7.33. The molecule has 256 valence electrons. The number of allylic oxidation sites excluding steroid dienone is 3. The first-order valence-corrected chi connectivity index (χ1v) is 19.2. The van der Waals surface area contributed by atoms with Gasteiger partial charge < -0.3 is 4.90 Å². The van der Waals surface area contributed by atoms with E-state index in [0.29, 0.717) is 6.54 Å². The van der Waals surface area contributed by atoms with E-state index in [-0.39, 0.29) is 0 Å². The minimum Gasteiger partial charge on any atom is -0.339 e. The van der Waals surface area contributed by atoms with Gasteiger partial charge in [0.15, 0.2) is 7.85 Å². The van der Waals surface area contributed by atoms with Crippen LogP contribution in [0.5, 0.6) is 0 Å². The van der Waals surface area contributed by atoms with Gasteiger partial charge >= 0.3 is 0 Å². The van der Waals surface area contributed by atoms with Gasteiger partial charge in [0.2, 0.25) is 0 Å². The molecular weight excluding hydrogens is 654 g/mol. The number of anilines is 2. The van der Waals surface area contributed by atoms with E-state index in [0.717, 1.165) is 16.6 Å². The molecule has 0 aromatic heterocycles. The SMILES string of the molecule is B/C(CN(c1c(B)c(B)c(-c2ccccc2)c(B)c1B)c1cccc2ccccc12)=C(B)/C(=C(/B)C#C)c1ccc(-c2ccccc2)c(-c2ccccc2)c1. The molecule has 7 rings (SSSR count). The predicted molar refractivity (Wildman–Crippen MR) is 261 cm³/mol. The van der Waals surface area contributed by atoms with Crippen LogP contribution in [0.25, 0.3) is 49.7 Å². The van der Waals surface area contributed by atoms with Crippen molar-refractivity contribution in [2.45, 2.75) is 0 Å². The van der Waals surface area contributed by atoms with Gasteiger partial charge in [-0.15, -0.1) is 6.42 Å². The summed E-state index contributed by atoms with van der Waals surface area (Å²) in [7, 11) is 15.7. The first-order valence-electron chi connectivity index (χ1n) is 19.2. The molecule has 7 aromatic rings. The number of terminal acetylenes is 1. The van der Waals surface area contributed by atoms with Crippen LogP contribution in [0.3, 0.4) is 0 Å². The molecule has 7 aromatic carbocycles. The van der Waals surface area contributed by atoms with Crippen LogP contribution in [0.2, 0.25) is 0 Å². The molecular formula is C47H42B7N. The third-order valence-corrected chi connectivity index (χ3v) is 11.5. The fraction of sp³-hybridized carbons (Fsp3) is 0.0213. The van der Waals surface area contributed by atoms with Crippen molar-refractivity contribution in [3.63, 3.8) is 0 Å². The maximum atomic E-state index is 6.26. The van der Waals surface area contributed by atoms with Crippen LogP contribution < -0.4 is 26.8 Å². The predicted octanol–water partition coefficient (Wildman–Crippen LogP) is 2.17. The van der Waals surface area contributed by atoms with Crippen molar-refractivity contribution in [3.8, 4) is 45.7 Å². The standard InChI is InChI=1S/C47H42B7N/c1-2-37(48)40(33-25-26-34(29-15-6-3-7-16-29)36(27-33)31-17-8-4-9-18-31)42(50)38(49)28-55(39-24-14-22-30-19-12-13-23-35(30)39)47-45(53)43(51)41(44(52)46(47)54)32-20-10-5-11-21-32/h1,3-27H,28,48-54H2/b40-37+,42-38-. The van der Waals surface area contributed by atoms with Crippen LogP contribution in [0.4, 0.5) is 11.4 Å². The van der Waals surface area contributed by atoms with Crippen molar-refractivity contribution in [1.82, 2.24) is 0 Å². The average Bonchev–Trinajstić information content (AvgIpc) is 3.23. The number of fused-ring (bicyclic) bond motifs is 1. The van der Waals surface area contributed by atoms with Crippen LogP contribution in [0.1, 0.15) is 5.56 Å². The lowest BCUT2D eigenvalue weighted by Crippen LogP contribution is -2.47. The molecule has 0 fully saturated rings. The van der Waals surface area contributed by atoms with Gasteiger partial charge in [0, 0.05) is 23.3 Å². The minimum atomic E-state index is 0.695. The van der Waals surface area contributed by atoms with E-state index in [1.165, 1.54) is 88.3 Å². The Bertz CT molecular complexity index is 2610. The van der Waals surface area contributed by atoms with Crippen molar-refractivity contribution in [3.05, 3.63) is 174 Å². The fourth-order valence-electron chi connectivity index (χ4n) is 8.25. The molecule has 0 N–H and O–H groups in total. The fourth-order valence-corrected chi connectivity index (χ4v) is 8.25. The largest absolute Gasteiger partial charge is 0.339 e. The molecule has 55 heavy (non-hydrogen) atoms. The van der Waals surface area contributed by atoms with E-state index < -0.39 is 0 Å². The van der Waals surface area contributed by atoms with Crippen LogP contribution in [-0.2, 0) is 0 Å². The van der Waals surface area contributed by atoms with Gasteiger partial charge in [-0.1, -0.05) is 178 Å².